The van der Waals surface area contributed by atoms with E-state index in [0.717, 1.165) is 18.9 Å². The van der Waals surface area contributed by atoms with Gasteiger partial charge < -0.3 is 0 Å². The SMILES string of the molecule is CCN(C(C)C)C1CC(C)CCC1C#N. The number of hydrogen-bond donors (Lipinski definition) is 0. The van der Waals surface area contributed by atoms with Crippen LogP contribution in [-0.2, 0) is 0 Å². The van der Waals surface area contributed by atoms with E-state index in [1.807, 2.05) is 0 Å². The molecule has 0 heterocycles. The largest absolute Gasteiger partial charge is 0.297 e. The number of hydrogen-bond acceptors (Lipinski definition) is 2. The lowest BCUT2D eigenvalue weighted by molar-refractivity contribution is 0.0833. The quantitative estimate of drug-likeness (QED) is 0.713. The van der Waals surface area contributed by atoms with Gasteiger partial charge in [0.25, 0.3) is 0 Å². The summed E-state index contributed by atoms with van der Waals surface area (Å²) in [5, 5.41) is 9.20. The van der Waals surface area contributed by atoms with Gasteiger partial charge in [-0.3, -0.25) is 4.90 Å². The van der Waals surface area contributed by atoms with Crippen molar-refractivity contribution in [1.82, 2.24) is 4.90 Å². The molecule has 0 bridgehead atoms. The van der Waals surface area contributed by atoms with Crippen molar-refractivity contribution in [2.75, 3.05) is 6.54 Å². The second kappa shape index (κ2) is 5.51. The van der Waals surface area contributed by atoms with Crippen LogP contribution in [0.3, 0.4) is 0 Å². The summed E-state index contributed by atoms with van der Waals surface area (Å²) in [7, 11) is 0. The van der Waals surface area contributed by atoms with Gasteiger partial charge >= 0.3 is 0 Å². The number of nitriles is 1. The fraction of sp³-hybridized carbons (Fsp3) is 0.923. The molecule has 1 fully saturated rings. The van der Waals surface area contributed by atoms with Gasteiger partial charge in [-0.25, -0.2) is 0 Å². The molecule has 3 unspecified atom stereocenters. The predicted octanol–water partition coefficient (Wildman–Crippen LogP) is 3.05. The topological polar surface area (TPSA) is 27.0 Å². The summed E-state index contributed by atoms with van der Waals surface area (Å²) < 4.78 is 0. The van der Waals surface area contributed by atoms with E-state index in [2.05, 4.69) is 38.7 Å². The second-order valence-electron chi connectivity index (χ2n) is 5.15. The lowest BCUT2D eigenvalue weighted by atomic mass is 9.78. The molecular formula is C13H24N2. The molecule has 1 aliphatic rings. The van der Waals surface area contributed by atoms with Crippen molar-refractivity contribution in [3.05, 3.63) is 0 Å². The van der Waals surface area contributed by atoms with E-state index >= 15 is 0 Å². The Kier molecular flexibility index (Phi) is 4.60. The number of nitrogens with zero attached hydrogens (tertiary/aromatic N) is 2. The van der Waals surface area contributed by atoms with Gasteiger partial charge in [0.2, 0.25) is 0 Å². The summed E-state index contributed by atoms with van der Waals surface area (Å²) in [5.41, 5.74) is 0. The van der Waals surface area contributed by atoms with E-state index < -0.39 is 0 Å². The molecular weight excluding hydrogens is 184 g/mol. The molecule has 3 atom stereocenters. The van der Waals surface area contributed by atoms with E-state index in [-0.39, 0.29) is 5.92 Å². The molecule has 2 nitrogen and oxygen atoms in total. The second-order valence-corrected chi connectivity index (χ2v) is 5.15. The van der Waals surface area contributed by atoms with Crippen LogP contribution < -0.4 is 0 Å². The first-order valence-electron chi connectivity index (χ1n) is 6.25. The van der Waals surface area contributed by atoms with Gasteiger partial charge in [0.15, 0.2) is 0 Å². The fourth-order valence-electron chi connectivity index (χ4n) is 2.85. The zero-order chi connectivity index (χ0) is 11.4. The van der Waals surface area contributed by atoms with Crippen LogP contribution >= 0.6 is 0 Å². The van der Waals surface area contributed by atoms with Crippen molar-refractivity contribution in [3.63, 3.8) is 0 Å². The van der Waals surface area contributed by atoms with Gasteiger partial charge in [0.05, 0.1) is 12.0 Å². The molecule has 1 saturated carbocycles. The first kappa shape index (κ1) is 12.5. The van der Waals surface area contributed by atoms with Gasteiger partial charge in [-0.05, 0) is 45.6 Å². The van der Waals surface area contributed by atoms with Crippen molar-refractivity contribution in [1.29, 1.82) is 5.26 Å². The third-order valence-corrected chi connectivity index (χ3v) is 3.70. The molecule has 0 saturated heterocycles. The zero-order valence-electron chi connectivity index (χ0n) is 10.5. The van der Waals surface area contributed by atoms with Crippen LogP contribution in [0.25, 0.3) is 0 Å². The Labute approximate surface area is 94.3 Å². The Bertz CT molecular complexity index is 229. The summed E-state index contributed by atoms with van der Waals surface area (Å²) in [4.78, 5) is 2.49. The highest BCUT2D eigenvalue weighted by Crippen LogP contribution is 2.32. The highest BCUT2D eigenvalue weighted by Gasteiger charge is 2.33. The highest BCUT2D eigenvalue weighted by molar-refractivity contribution is 4.97. The summed E-state index contributed by atoms with van der Waals surface area (Å²) in [6.07, 6.45) is 3.51. The zero-order valence-corrected chi connectivity index (χ0v) is 10.5. The molecule has 0 aromatic rings. The third-order valence-electron chi connectivity index (χ3n) is 3.70. The van der Waals surface area contributed by atoms with Gasteiger partial charge in [0, 0.05) is 12.1 Å². The van der Waals surface area contributed by atoms with Crippen LogP contribution in [0.15, 0.2) is 0 Å². The molecule has 0 aliphatic heterocycles. The standard InChI is InChI=1S/C13H24N2/c1-5-15(10(2)3)13-8-11(4)6-7-12(13)9-14/h10-13H,5-8H2,1-4H3. The van der Waals surface area contributed by atoms with E-state index in [1.165, 1.54) is 12.8 Å². The average Bonchev–Trinajstić information content (AvgIpc) is 2.18. The molecule has 1 rings (SSSR count). The number of rotatable bonds is 3. The maximum absolute atomic E-state index is 9.20. The minimum atomic E-state index is 0.253. The molecule has 1 aliphatic carbocycles. The van der Waals surface area contributed by atoms with Crippen molar-refractivity contribution < 1.29 is 0 Å². The molecule has 0 spiro atoms. The summed E-state index contributed by atoms with van der Waals surface area (Å²) in [5.74, 6) is 1.04. The van der Waals surface area contributed by atoms with Crippen LogP contribution in [0.5, 0.6) is 0 Å². The lowest BCUT2D eigenvalue weighted by Gasteiger charge is -2.41. The molecule has 86 valence electrons. The van der Waals surface area contributed by atoms with E-state index in [1.54, 1.807) is 0 Å². The van der Waals surface area contributed by atoms with Crippen LogP contribution in [0.4, 0.5) is 0 Å². The molecule has 2 heteroatoms. The first-order valence-corrected chi connectivity index (χ1v) is 6.25. The Morgan fingerprint density at radius 3 is 2.53 bits per heavy atom. The Morgan fingerprint density at radius 2 is 2.07 bits per heavy atom. The monoisotopic (exact) mass is 208 g/mol. The maximum Gasteiger partial charge on any atom is 0.0672 e. The fourth-order valence-corrected chi connectivity index (χ4v) is 2.85. The van der Waals surface area contributed by atoms with Crippen molar-refractivity contribution in [2.24, 2.45) is 11.8 Å². The minimum Gasteiger partial charge on any atom is -0.297 e. The van der Waals surface area contributed by atoms with Gasteiger partial charge in [-0.2, -0.15) is 5.26 Å². The first-order chi connectivity index (χ1) is 7.10. The van der Waals surface area contributed by atoms with E-state index in [4.69, 9.17) is 0 Å². The Morgan fingerprint density at radius 1 is 1.40 bits per heavy atom. The van der Waals surface area contributed by atoms with Gasteiger partial charge in [-0.1, -0.05) is 13.8 Å². The Hall–Kier alpha value is -0.550. The summed E-state index contributed by atoms with van der Waals surface area (Å²) in [6, 6.07) is 3.55. The van der Waals surface area contributed by atoms with Gasteiger partial charge in [0.1, 0.15) is 0 Å². The highest BCUT2D eigenvalue weighted by atomic mass is 15.2. The molecule has 0 aromatic carbocycles. The molecule has 15 heavy (non-hydrogen) atoms. The smallest absolute Gasteiger partial charge is 0.0672 e. The normalized spacial score (nSPS) is 31.9. The van der Waals surface area contributed by atoms with Gasteiger partial charge in [-0.15, -0.1) is 0 Å². The predicted molar refractivity (Wildman–Crippen MR) is 63.4 cm³/mol. The van der Waals surface area contributed by atoms with Crippen LogP contribution in [0.2, 0.25) is 0 Å². The summed E-state index contributed by atoms with van der Waals surface area (Å²) in [6.45, 7) is 10.0. The maximum atomic E-state index is 9.20. The van der Waals surface area contributed by atoms with E-state index in [9.17, 15) is 5.26 Å². The molecule has 0 radical (unpaired) electrons. The average molecular weight is 208 g/mol. The molecule has 0 amide bonds. The van der Waals surface area contributed by atoms with E-state index in [0.29, 0.717) is 12.1 Å². The van der Waals surface area contributed by atoms with Crippen molar-refractivity contribution in [3.8, 4) is 6.07 Å². The third kappa shape index (κ3) is 2.95. The minimum absolute atomic E-state index is 0.253. The summed E-state index contributed by atoms with van der Waals surface area (Å²) >= 11 is 0. The molecule has 0 aromatic heterocycles. The molecule has 0 N–H and O–H groups in total. The lowest BCUT2D eigenvalue weighted by Crippen LogP contribution is -2.47. The van der Waals surface area contributed by atoms with Crippen LogP contribution in [-0.4, -0.2) is 23.5 Å². The van der Waals surface area contributed by atoms with Crippen LogP contribution in [0.1, 0.15) is 47.0 Å². The van der Waals surface area contributed by atoms with Crippen molar-refractivity contribution in [2.45, 2.75) is 59.0 Å². The Balaban J connectivity index is 2.73. The van der Waals surface area contributed by atoms with Crippen molar-refractivity contribution >= 4 is 0 Å². The van der Waals surface area contributed by atoms with Crippen LogP contribution in [0, 0.1) is 23.2 Å².